The van der Waals surface area contributed by atoms with Gasteiger partial charge in [0.25, 0.3) is 0 Å². The molecule has 2 nitrogen and oxygen atoms in total. The van der Waals surface area contributed by atoms with Gasteiger partial charge in [-0.15, -0.1) is 0 Å². The molecule has 2 N–H and O–H groups in total. The highest BCUT2D eigenvalue weighted by molar-refractivity contribution is 5.14. The van der Waals surface area contributed by atoms with Crippen LogP contribution in [0.1, 0.15) is 32.3 Å². The Morgan fingerprint density at radius 1 is 1.00 bits per heavy atom. The summed E-state index contributed by atoms with van der Waals surface area (Å²) in [4.78, 5) is 2.56. The van der Waals surface area contributed by atoms with Crippen molar-refractivity contribution in [2.24, 2.45) is 5.73 Å². The van der Waals surface area contributed by atoms with E-state index >= 15 is 0 Å². The van der Waals surface area contributed by atoms with Crippen LogP contribution in [0.5, 0.6) is 0 Å². The minimum absolute atomic E-state index is 1.21. The molecule has 0 radical (unpaired) electrons. The monoisotopic (exact) mass is 236 g/mol. The van der Waals surface area contributed by atoms with E-state index in [9.17, 15) is 0 Å². The van der Waals surface area contributed by atoms with Crippen molar-refractivity contribution in [3.63, 3.8) is 0 Å². The van der Waals surface area contributed by atoms with Gasteiger partial charge < -0.3 is 10.6 Å². The van der Waals surface area contributed by atoms with Gasteiger partial charge in [0.1, 0.15) is 0 Å². The number of nitrogens with two attached hydrogens (primary N) is 1. The normalized spacial score (nSPS) is 14.4. The number of hydrogen-bond acceptors (Lipinski definition) is 2. The second kappa shape index (κ2) is 11.6. The number of benzene rings is 1. The molecule has 1 heterocycles. The first-order valence-electron chi connectivity index (χ1n) is 6.79. The molecule has 0 bridgehead atoms. The number of rotatable bonds is 3. The molecule has 1 aliphatic heterocycles. The molecule has 0 amide bonds. The lowest BCUT2D eigenvalue weighted by molar-refractivity contribution is 0.343. The van der Waals surface area contributed by atoms with Crippen molar-refractivity contribution in [2.45, 2.75) is 33.1 Å². The van der Waals surface area contributed by atoms with Crippen LogP contribution in [-0.2, 0) is 6.42 Å². The lowest BCUT2D eigenvalue weighted by atomic mass is 10.1. The van der Waals surface area contributed by atoms with Gasteiger partial charge in [-0.2, -0.15) is 0 Å². The topological polar surface area (TPSA) is 29.3 Å². The van der Waals surface area contributed by atoms with Crippen LogP contribution < -0.4 is 5.73 Å². The molecule has 1 aromatic carbocycles. The van der Waals surface area contributed by atoms with Gasteiger partial charge in [0.05, 0.1) is 0 Å². The quantitative estimate of drug-likeness (QED) is 0.874. The molecular formula is C15H28N2. The summed E-state index contributed by atoms with van der Waals surface area (Å²) in [6, 6.07) is 10.8. The number of likely N-dealkylation sites (tertiary alicyclic amines) is 1. The van der Waals surface area contributed by atoms with Gasteiger partial charge in [0, 0.05) is 6.54 Å². The fraction of sp³-hybridized carbons (Fsp3) is 0.600. The van der Waals surface area contributed by atoms with E-state index in [1.54, 1.807) is 0 Å². The third-order valence-corrected chi connectivity index (χ3v) is 2.76. The molecule has 17 heavy (non-hydrogen) atoms. The SMILES string of the molecule is CC.CN.c1ccc(CCN2CCCC2)cc1. The number of nitrogens with zero attached hydrogens (tertiary/aromatic N) is 1. The van der Waals surface area contributed by atoms with Gasteiger partial charge in [0.2, 0.25) is 0 Å². The maximum atomic E-state index is 4.50. The summed E-state index contributed by atoms with van der Waals surface area (Å²) < 4.78 is 0. The van der Waals surface area contributed by atoms with Crippen molar-refractivity contribution in [1.82, 2.24) is 4.90 Å². The molecule has 0 unspecified atom stereocenters. The first-order valence-corrected chi connectivity index (χ1v) is 6.79. The van der Waals surface area contributed by atoms with Gasteiger partial charge in [-0.1, -0.05) is 44.2 Å². The van der Waals surface area contributed by atoms with Gasteiger partial charge in [-0.3, -0.25) is 0 Å². The molecule has 1 aromatic rings. The zero-order valence-corrected chi connectivity index (χ0v) is 11.7. The van der Waals surface area contributed by atoms with E-state index in [1.807, 2.05) is 13.8 Å². The minimum atomic E-state index is 1.21. The predicted octanol–water partition coefficient (Wildman–Crippen LogP) is 2.93. The number of hydrogen-bond donors (Lipinski definition) is 1. The summed E-state index contributed by atoms with van der Waals surface area (Å²) in [5, 5.41) is 0. The predicted molar refractivity (Wildman–Crippen MR) is 77.3 cm³/mol. The largest absolute Gasteiger partial charge is 0.333 e. The van der Waals surface area contributed by atoms with Crippen LogP contribution in [0.25, 0.3) is 0 Å². The van der Waals surface area contributed by atoms with Crippen LogP contribution in [0.2, 0.25) is 0 Å². The zero-order valence-electron chi connectivity index (χ0n) is 11.7. The second-order valence-electron chi connectivity index (χ2n) is 3.78. The molecule has 2 heteroatoms. The van der Waals surface area contributed by atoms with Crippen LogP contribution >= 0.6 is 0 Å². The smallest absolute Gasteiger partial charge is 0.00218 e. The summed E-state index contributed by atoms with van der Waals surface area (Å²) in [6.07, 6.45) is 4.00. The van der Waals surface area contributed by atoms with Crippen LogP contribution in [0.3, 0.4) is 0 Å². The standard InChI is InChI=1S/C12H17N.C2H6.CH5N/c1-2-6-12(7-3-1)8-11-13-9-4-5-10-13;2*1-2/h1-3,6-7H,4-5,8-11H2;1-2H3;2H2,1H3. The Balaban J connectivity index is 0.000000581. The lowest BCUT2D eigenvalue weighted by Crippen LogP contribution is -2.21. The van der Waals surface area contributed by atoms with E-state index in [0.717, 1.165) is 0 Å². The molecule has 2 rings (SSSR count). The van der Waals surface area contributed by atoms with Crippen molar-refractivity contribution < 1.29 is 0 Å². The first-order chi connectivity index (χ1) is 8.45. The van der Waals surface area contributed by atoms with Crippen molar-refractivity contribution >= 4 is 0 Å². The van der Waals surface area contributed by atoms with E-state index in [2.05, 4.69) is 41.0 Å². The Morgan fingerprint density at radius 2 is 1.53 bits per heavy atom. The van der Waals surface area contributed by atoms with Crippen LogP contribution in [-0.4, -0.2) is 31.6 Å². The Morgan fingerprint density at radius 3 is 2.06 bits per heavy atom. The van der Waals surface area contributed by atoms with Gasteiger partial charge in [-0.05, 0) is 45.0 Å². The molecule has 0 aliphatic carbocycles. The van der Waals surface area contributed by atoms with E-state index in [4.69, 9.17) is 0 Å². The van der Waals surface area contributed by atoms with Crippen molar-refractivity contribution in [3.05, 3.63) is 35.9 Å². The molecule has 0 aromatic heterocycles. The first kappa shape index (κ1) is 16.1. The third kappa shape index (κ3) is 7.14. The fourth-order valence-corrected chi connectivity index (χ4v) is 1.94. The maximum absolute atomic E-state index is 4.50. The van der Waals surface area contributed by atoms with Crippen LogP contribution in [0, 0.1) is 0 Å². The minimum Gasteiger partial charge on any atom is -0.333 e. The Kier molecular flexibility index (Phi) is 11.0. The third-order valence-electron chi connectivity index (χ3n) is 2.76. The summed E-state index contributed by atoms with van der Waals surface area (Å²) in [6.45, 7) is 7.86. The van der Waals surface area contributed by atoms with Gasteiger partial charge in [0.15, 0.2) is 0 Å². The van der Waals surface area contributed by atoms with Crippen LogP contribution in [0.4, 0.5) is 0 Å². The summed E-state index contributed by atoms with van der Waals surface area (Å²) >= 11 is 0. The highest BCUT2D eigenvalue weighted by Crippen LogP contribution is 2.08. The summed E-state index contributed by atoms with van der Waals surface area (Å²) in [5.74, 6) is 0. The summed E-state index contributed by atoms with van der Waals surface area (Å²) in [5.41, 5.74) is 5.97. The molecule has 1 aliphatic rings. The van der Waals surface area contributed by atoms with Gasteiger partial charge in [-0.25, -0.2) is 0 Å². The van der Waals surface area contributed by atoms with Crippen molar-refractivity contribution in [2.75, 3.05) is 26.7 Å². The molecule has 1 fully saturated rings. The average molecular weight is 236 g/mol. The average Bonchev–Trinajstić information content (AvgIpc) is 2.95. The second-order valence-corrected chi connectivity index (χ2v) is 3.78. The Hall–Kier alpha value is -0.860. The Labute approximate surface area is 107 Å². The van der Waals surface area contributed by atoms with E-state index in [-0.39, 0.29) is 0 Å². The molecular weight excluding hydrogens is 208 g/mol. The molecule has 1 saturated heterocycles. The van der Waals surface area contributed by atoms with Crippen LogP contribution in [0.15, 0.2) is 30.3 Å². The van der Waals surface area contributed by atoms with Crippen molar-refractivity contribution in [1.29, 1.82) is 0 Å². The summed E-state index contributed by atoms with van der Waals surface area (Å²) in [7, 11) is 1.50. The van der Waals surface area contributed by atoms with Crippen molar-refractivity contribution in [3.8, 4) is 0 Å². The van der Waals surface area contributed by atoms with E-state index < -0.39 is 0 Å². The molecule has 0 atom stereocenters. The fourth-order valence-electron chi connectivity index (χ4n) is 1.94. The van der Waals surface area contributed by atoms with E-state index in [1.165, 1.54) is 51.5 Å². The zero-order chi connectivity index (χ0) is 12.9. The Bertz CT molecular complexity index is 240. The molecule has 98 valence electrons. The highest BCUT2D eigenvalue weighted by Gasteiger charge is 2.10. The van der Waals surface area contributed by atoms with Gasteiger partial charge >= 0.3 is 0 Å². The van der Waals surface area contributed by atoms with E-state index in [0.29, 0.717) is 0 Å². The molecule has 0 saturated carbocycles. The maximum Gasteiger partial charge on any atom is 0.00218 e. The highest BCUT2D eigenvalue weighted by atomic mass is 15.1. The molecule has 0 spiro atoms. The lowest BCUT2D eigenvalue weighted by Gasteiger charge is -2.13.